The van der Waals surface area contributed by atoms with E-state index in [4.69, 9.17) is 14.5 Å². The van der Waals surface area contributed by atoms with E-state index in [1.165, 1.54) is 6.42 Å². The Hall–Kier alpha value is -3.55. The molecule has 2 amide bonds. The van der Waals surface area contributed by atoms with Crippen molar-refractivity contribution in [2.45, 2.75) is 51.6 Å². The molecule has 0 bridgehead atoms. The van der Waals surface area contributed by atoms with Crippen LogP contribution in [0.15, 0.2) is 42.5 Å². The van der Waals surface area contributed by atoms with Gasteiger partial charge in [-0.1, -0.05) is 18.2 Å². The van der Waals surface area contributed by atoms with Crippen molar-refractivity contribution >= 4 is 22.8 Å². The van der Waals surface area contributed by atoms with Crippen LogP contribution in [0, 0.1) is 0 Å². The van der Waals surface area contributed by atoms with Gasteiger partial charge in [0, 0.05) is 25.6 Å². The van der Waals surface area contributed by atoms with Gasteiger partial charge in [-0.05, 0) is 56.0 Å². The smallest absolute Gasteiger partial charge is 0.242 e. The number of benzene rings is 2. The number of hydrogen-bond acceptors (Lipinski definition) is 5. The Kier molecular flexibility index (Phi) is 7.90. The second-order valence-corrected chi connectivity index (χ2v) is 9.00. The quantitative estimate of drug-likeness (QED) is 0.510. The number of hydrogen-bond donors (Lipinski definition) is 1. The first-order chi connectivity index (χ1) is 17.0. The van der Waals surface area contributed by atoms with Crippen molar-refractivity contribution in [2.75, 3.05) is 27.3 Å². The fourth-order valence-corrected chi connectivity index (χ4v) is 4.74. The van der Waals surface area contributed by atoms with E-state index in [0.29, 0.717) is 24.5 Å². The molecule has 8 heteroatoms. The molecule has 3 aromatic rings. The van der Waals surface area contributed by atoms with Gasteiger partial charge in [-0.15, -0.1) is 0 Å². The van der Waals surface area contributed by atoms with Gasteiger partial charge in [-0.25, -0.2) is 4.98 Å². The first-order valence-corrected chi connectivity index (χ1v) is 12.2. The number of piperidine rings is 1. The number of rotatable bonds is 9. The standard InChI is InChI=1S/C27H34N4O4/c1-19-8-6-7-15-30(19)27(33)18-31-22-10-5-4-9-21(22)29-25(31)13-14-28-26(32)17-20-11-12-23(34-2)24(16-20)35-3/h4-5,9-12,16,19H,6-8,13-15,17-18H2,1-3H3,(H,28,32). The zero-order valence-electron chi connectivity index (χ0n) is 20.8. The molecule has 2 aromatic carbocycles. The Morgan fingerprint density at radius 2 is 1.89 bits per heavy atom. The second-order valence-electron chi connectivity index (χ2n) is 9.00. The molecular formula is C27H34N4O4. The molecule has 1 aliphatic heterocycles. The summed E-state index contributed by atoms with van der Waals surface area (Å²) in [4.78, 5) is 32.5. The van der Waals surface area contributed by atoms with E-state index in [-0.39, 0.29) is 30.8 Å². The van der Waals surface area contributed by atoms with E-state index in [9.17, 15) is 9.59 Å². The lowest BCUT2D eigenvalue weighted by Gasteiger charge is -2.33. The molecule has 0 aliphatic carbocycles. The van der Waals surface area contributed by atoms with E-state index in [2.05, 4.69) is 12.2 Å². The molecule has 1 N–H and O–H groups in total. The van der Waals surface area contributed by atoms with Crippen LogP contribution < -0.4 is 14.8 Å². The summed E-state index contributed by atoms with van der Waals surface area (Å²) >= 11 is 0. The molecule has 4 rings (SSSR count). The van der Waals surface area contributed by atoms with Gasteiger partial charge in [0.2, 0.25) is 11.8 Å². The minimum Gasteiger partial charge on any atom is -0.493 e. The molecule has 186 valence electrons. The van der Waals surface area contributed by atoms with E-state index < -0.39 is 0 Å². The van der Waals surface area contributed by atoms with Crippen LogP contribution in [0.1, 0.15) is 37.6 Å². The van der Waals surface area contributed by atoms with Gasteiger partial charge in [0.05, 0.1) is 31.7 Å². The average Bonchev–Trinajstić information content (AvgIpc) is 3.21. The van der Waals surface area contributed by atoms with Crippen molar-refractivity contribution in [3.8, 4) is 11.5 Å². The number of nitrogens with zero attached hydrogens (tertiary/aromatic N) is 3. The molecule has 1 atom stereocenters. The highest BCUT2D eigenvalue weighted by atomic mass is 16.5. The molecule has 35 heavy (non-hydrogen) atoms. The first-order valence-electron chi connectivity index (χ1n) is 12.2. The first kappa shape index (κ1) is 24.6. The SMILES string of the molecule is COc1ccc(CC(=O)NCCc2nc3ccccc3n2CC(=O)N2CCCCC2C)cc1OC. The van der Waals surface area contributed by atoms with Crippen LogP contribution in [0.2, 0.25) is 0 Å². The van der Waals surface area contributed by atoms with Crippen molar-refractivity contribution in [1.82, 2.24) is 19.8 Å². The molecule has 0 radical (unpaired) electrons. The van der Waals surface area contributed by atoms with Gasteiger partial charge in [-0.2, -0.15) is 0 Å². The summed E-state index contributed by atoms with van der Waals surface area (Å²) in [5.41, 5.74) is 2.64. The second kappa shape index (κ2) is 11.3. The normalized spacial score (nSPS) is 15.7. The maximum atomic E-state index is 13.1. The number of likely N-dealkylation sites (tertiary alicyclic amines) is 1. The van der Waals surface area contributed by atoms with Gasteiger partial charge in [0.25, 0.3) is 0 Å². The van der Waals surface area contributed by atoms with Crippen LogP contribution in [0.5, 0.6) is 11.5 Å². The lowest BCUT2D eigenvalue weighted by atomic mass is 10.0. The van der Waals surface area contributed by atoms with Crippen LogP contribution in [0.4, 0.5) is 0 Å². The number of imidazole rings is 1. The zero-order valence-corrected chi connectivity index (χ0v) is 20.8. The fraction of sp³-hybridized carbons (Fsp3) is 0.444. The van der Waals surface area contributed by atoms with Crippen molar-refractivity contribution in [3.05, 3.63) is 53.9 Å². The van der Waals surface area contributed by atoms with E-state index >= 15 is 0 Å². The zero-order chi connectivity index (χ0) is 24.8. The lowest BCUT2D eigenvalue weighted by Crippen LogP contribution is -2.43. The lowest BCUT2D eigenvalue weighted by molar-refractivity contribution is -0.135. The van der Waals surface area contributed by atoms with E-state index in [1.807, 2.05) is 45.9 Å². The molecule has 1 aliphatic rings. The van der Waals surface area contributed by atoms with Crippen LogP contribution in [-0.2, 0) is 29.0 Å². The Morgan fingerprint density at radius 3 is 2.66 bits per heavy atom. The number of nitrogens with one attached hydrogen (secondary N) is 1. The van der Waals surface area contributed by atoms with Gasteiger partial charge >= 0.3 is 0 Å². The maximum Gasteiger partial charge on any atom is 0.242 e. The molecule has 1 saturated heterocycles. The molecular weight excluding hydrogens is 444 g/mol. The Balaban J connectivity index is 1.41. The van der Waals surface area contributed by atoms with E-state index in [0.717, 1.165) is 41.8 Å². The summed E-state index contributed by atoms with van der Waals surface area (Å²) in [6, 6.07) is 13.6. The summed E-state index contributed by atoms with van der Waals surface area (Å²) in [5, 5.41) is 2.98. The summed E-state index contributed by atoms with van der Waals surface area (Å²) in [7, 11) is 3.16. The minimum absolute atomic E-state index is 0.0851. The predicted molar refractivity (Wildman–Crippen MR) is 135 cm³/mol. The Bertz CT molecular complexity index is 1190. The van der Waals surface area contributed by atoms with Gasteiger partial charge < -0.3 is 24.3 Å². The highest BCUT2D eigenvalue weighted by Crippen LogP contribution is 2.27. The van der Waals surface area contributed by atoms with Gasteiger partial charge in [0.1, 0.15) is 12.4 Å². The highest BCUT2D eigenvalue weighted by molar-refractivity contribution is 5.81. The molecule has 2 heterocycles. The minimum atomic E-state index is -0.0851. The monoisotopic (exact) mass is 478 g/mol. The topological polar surface area (TPSA) is 85.7 Å². The number of ether oxygens (including phenoxy) is 2. The van der Waals surface area contributed by atoms with E-state index in [1.54, 1.807) is 20.3 Å². The number of carbonyl (C=O) groups excluding carboxylic acids is 2. The summed E-state index contributed by atoms with van der Waals surface area (Å²) in [6.45, 7) is 3.63. The third kappa shape index (κ3) is 5.75. The predicted octanol–water partition coefficient (Wildman–Crippen LogP) is 3.36. The number of methoxy groups -OCH3 is 2. The molecule has 8 nitrogen and oxygen atoms in total. The summed E-state index contributed by atoms with van der Waals surface area (Å²) < 4.78 is 12.6. The molecule has 1 unspecified atom stereocenters. The van der Waals surface area contributed by atoms with Gasteiger partial charge in [-0.3, -0.25) is 9.59 Å². The number of para-hydroxylation sites is 2. The van der Waals surface area contributed by atoms with Gasteiger partial charge in [0.15, 0.2) is 11.5 Å². The third-order valence-corrected chi connectivity index (χ3v) is 6.63. The van der Waals surface area contributed by atoms with Crippen molar-refractivity contribution in [3.63, 3.8) is 0 Å². The average molecular weight is 479 g/mol. The summed E-state index contributed by atoms with van der Waals surface area (Å²) in [6.07, 6.45) is 4.06. The molecule has 1 aromatic heterocycles. The fourth-order valence-electron chi connectivity index (χ4n) is 4.74. The Morgan fingerprint density at radius 1 is 1.09 bits per heavy atom. The molecule has 0 spiro atoms. The largest absolute Gasteiger partial charge is 0.493 e. The van der Waals surface area contributed by atoms with Crippen LogP contribution in [0.25, 0.3) is 11.0 Å². The number of aromatic nitrogens is 2. The van der Waals surface area contributed by atoms with Crippen molar-refractivity contribution < 1.29 is 19.1 Å². The number of amides is 2. The van der Waals surface area contributed by atoms with Crippen molar-refractivity contribution in [1.29, 1.82) is 0 Å². The molecule has 0 saturated carbocycles. The van der Waals surface area contributed by atoms with Crippen molar-refractivity contribution in [2.24, 2.45) is 0 Å². The Labute approximate surface area is 206 Å². The molecule has 1 fully saturated rings. The van der Waals surface area contributed by atoms with Crippen LogP contribution >= 0.6 is 0 Å². The number of carbonyl (C=O) groups is 2. The van der Waals surface area contributed by atoms with Crippen LogP contribution in [0.3, 0.4) is 0 Å². The highest BCUT2D eigenvalue weighted by Gasteiger charge is 2.24. The third-order valence-electron chi connectivity index (χ3n) is 6.63. The maximum absolute atomic E-state index is 13.1. The van der Waals surface area contributed by atoms with Crippen LogP contribution in [-0.4, -0.2) is 59.6 Å². The summed E-state index contributed by atoms with van der Waals surface area (Å²) in [5.74, 6) is 2.07. The number of fused-ring (bicyclic) bond motifs is 1.